The van der Waals surface area contributed by atoms with Crippen LogP contribution in [0.5, 0.6) is 0 Å². The second-order valence-electron chi connectivity index (χ2n) is 15.0. The summed E-state index contributed by atoms with van der Waals surface area (Å²) in [5.74, 6) is -0.1000. The van der Waals surface area contributed by atoms with Crippen LogP contribution in [0.3, 0.4) is 0 Å². The number of carbonyl (C=O) groups is 2. The van der Waals surface area contributed by atoms with Gasteiger partial charge in [0.15, 0.2) is 0 Å². The van der Waals surface area contributed by atoms with Crippen LogP contribution in [0.2, 0.25) is 0 Å². The van der Waals surface area contributed by atoms with E-state index in [9.17, 15) is 19.8 Å². The number of unbranched alkanes of at least 4 members (excludes halogenated alkanes) is 27. The molecule has 0 heterocycles. The van der Waals surface area contributed by atoms with Crippen LogP contribution in [0.25, 0.3) is 0 Å². The summed E-state index contributed by atoms with van der Waals surface area (Å²) in [6, 6.07) is -0.559. The molecule has 296 valence electrons. The lowest BCUT2D eigenvalue weighted by atomic mass is 10.0. The molecule has 0 fully saturated rings. The van der Waals surface area contributed by atoms with E-state index in [4.69, 9.17) is 4.74 Å². The first-order chi connectivity index (χ1) is 24.5. The molecule has 3 N–H and O–H groups in total. The molecule has 50 heavy (non-hydrogen) atoms. The third-order valence-corrected chi connectivity index (χ3v) is 10.1. The lowest BCUT2D eigenvalue weighted by Crippen LogP contribution is -2.45. The standard InChI is InChI=1S/C44H85NO5/c1-3-5-7-9-11-13-15-17-20-24-28-32-36-42(47)41(40-46)45-43(48)37-33-29-25-21-19-23-27-31-35-39-50-44(49)38-34-30-26-22-18-16-14-12-10-8-6-4-2/h12,14,41-42,46-47H,3-11,13,15-40H2,1-2H3,(H,45,48)/b14-12-. The minimum Gasteiger partial charge on any atom is -0.466 e. The van der Waals surface area contributed by atoms with Gasteiger partial charge >= 0.3 is 5.97 Å². The Morgan fingerprint density at radius 2 is 0.940 bits per heavy atom. The Hall–Kier alpha value is -1.40. The molecule has 0 aliphatic heterocycles. The molecule has 2 atom stereocenters. The number of allylic oxidation sites excluding steroid dienone is 2. The van der Waals surface area contributed by atoms with E-state index in [1.807, 2.05) is 0 Å². The van der Waals surface area contributed by atoms with E-state index < -0.39 is 12.1 Å². The number of rotatable bonds is 40. The summed E-state index contributed by atoms with van der Waals surface area (Å²) in [7, 11) is 0. The first-order valence-corrected chi connectivity index (χ1v) is 21.9. The summed E-state index contributed by atoms with van der Waals surface area (Å²) >= 11 is 0. The molecule has 0 rings (SSSR count). The van der Waals surface area contributed by atoms with Crippen LogP contribution >= 0.6 is 0 Å². The Morgan fingerprint density at radius 1 is 0.540 bits per heavy atom. The number of nitrogens with one attached hydrogen (secondary N) is 1. The van der Waals surface area contributed by atoms with Gasteiger partial charge in [-0.05, 0) is 51.4 Å². The van der Waals surface area contributed by atoms with Gasteiger partial charge in [0, 0.05) is 12.8 Å². The Morgan fingerprint density at radius 3 is 1.46 bits per heavy atom. The highest BCUT2D eigenvalue weighted by molar-refractivity contribution is 5.76. The second kappa shape index (κ2) is 40.4. The van der Waals surface area contributed by atoms with E-state index >= 15 is 0 Å². The van der Waals surface area contributed by atoms with Gasteiger partial charge < -0.3 is 20.3 Å². The van der Waals surface area contributed by atoms with Gasteiger partial charge in [-0.15, -0.1) is 0 Å². The monoisotopic (exact) mass is 708 g/mol. The summed E-state index contributed by atoms with van der Waals surface area (Å²) in [6.45, 7) is 4.84. The zero-order valence-electron chi connectivity index (χ0n) is 33.4. The fraction of sp³-hybridized carbons (Fsp3) is 0.909. The molecule has 6 nitrogen and oxygen atoms in total. The largest absolute Gasteiger partial charge is 0.466 e. The van der Waals surface area contributed by atoms with Gasteiger partial charge in [-0.3, -0.25) is 9.59 Å². The van der Waals surface area contributed by atoms with E-state index in [0.717, 1.165) is 57.8 Å². The quantitative estimate of drug-likeness (QED) is 0.0335. The highest BCUT2D eigenvalue weighted by atomic mass is 16.5. The molecule has 0 aliphatic carbocycles. The van der Waals surface area contributed by atoms with Gasteiger partial charge in [0.1, 0.15) is 0 Å². The molecule has 6 heteroatoms. The third-order valence-electron chi connectivity index (χ3n) is 10.1. The smallest absolute Gasteiger partial charge is 0.305 e. The molecule has 0 bridgehead atoms. The zero-order chi connectivity index (χ0) is 36.6. The molecule has 0 radical (unpaired) electrons. The van der Waals surface area contributed by atoms with E-state index in [0.29, 0.717) is 25.9 Å². The van der Waals surface area contributed by atoms with Crippen molar-refractivity contribution in [1.82, 2.24) is 5.32 Å². The van der Waals surface area contributed by atoms with Crippen molar-refractivity contribution in [3.05, 3.63) is 12.2 Å². The van der Waals surface area contributed by atoms with Crippen molar-refractivity contribution in [3.63, 3.8) is 0 Å². The number of amides is 1. The van der Waals surface area contributed by atoms with Crippen LogP contribution in [0.15, 0.2) is 12.2 Å². The van der Waals surface area contributed by atoms with Crippen LogP contribution < -0.4 is 5.32 Å². The minimum absolute atomic E-state index is 0.0356. The van der Waals surface area contributed by atoms with Gasteiger partial charge in [-0.2, -0.15) is 0 Å². The van der Waals surface area contributed by atoms with Crippen molar-refractivity contribution in [2.45, 2.75) is 244 Å². The number of aliphatic hydroxyl groups is 2. The first kappa shape index (κ1) is 48.6. The number of aliphatic hydroxyl groups excluding tert-OH is 2. The van der Waals surface area contributed by atoms with Crippen LogP contribution in [0.1, 0.15) is 232 Å². The summed E-state index contributed by atoms with van der Waals surface area (Å²) < 4.78 is 5.42. The molecule has 1 amide bonds. The Balaban J connectivity index is 3.51. The topological polar surface area (TPSA) is 95.9 Å². The van der Waals surface area contributed by atoms with Crippen LogP contribution in [-0.4, -0.2) is 47.4 Å². The van der Waals surface area contributed by atoms with Crippen molar-refractivity contribution in [2.75, 3.05) is 13.2 Å². The van der Waals surface area contributed by atoms with Gasteiger partial charge in [0.2, 0.25) is 5.91 Å². The third kappa shape index (κ3) is 36.4. The molecule has 2 unspecified atom stereocenters. The highest BCUT2D eigenvalue weighted by Crippen LogP contribution is 2.15. The average Bonchev–Trinajstić information content (AvgIpc) is 3.11. The van der Waals surface area contributed by atoms with Crippen molar-refractivity contribution in [1.29, 1.82) is 0 Å². The summed E-state index contributed by atoms with van der Waals surface area (Å²) in [5, 5.41) is 23.1. The predicted octanol–water partition coefficient (Wildman–Crippen LogP) is 12.2. The molecule has 0 aliphatic rings. The maximum atomic E-state index is 12.4. The zero-order valence-corrected chi connectivity index (χ0v) is 33.4. The fourth-order valence-electron chi connectivity index (χ4n) is 6.63. The van der Waals surface area contributed by atoms with Crippen LogP contribution in [-0.2, 0) is 14.3 Å². The molecule has 0 aromatic rings. The maximum absolute atomic E-state index is 12.4. The SMILES string of the molecule is CCCCC/C=C\CCCCCCCC(=O)OCCCCCCCCCCCC(=O)NC(CO)C(O)CCCCCCCCCCCCCC. The van der Waals surface area contributed by atoms with Gasteiger partial charge in [0.25, 0.3) is 0 Å². The Labute approximate surface area is 310 Å². The van der Waals surface area contributed by atoms with Gasteiger partial charge in [-0.1, -0.05) is 180 Å². The average molecular weight is 708 g/mol. The van der Waals surface area contributed by atoms with E-state index in [1.54, 1.807) is 0 Å². The van der Waals surface area contributed by atoms with E-state index in [-0.39, 0.29) is 18.5 Å². The Kier molecular flexibility index (Phi) is 39.2. The normalized spacial score (nSPS) is 12.8. The number of hydrogen-bond acceptors (Lipinski definition) is 5. The molecule has 0 saturated heterocycles. The summed E-state index contributed by atoms with van der Waals surface area (Å²) in [5.41, 5.74) is 0. The molecular formula is C44H85NO5. The molecule has 0 saturated carbocycles. The first-order valence-electron chi connectivity index (χ1n) is 21.9. The number of esters is 1. The van der Waals surface area contributed by atoms with Gasteiger partial charge in [-0.25, -0.2) is 0 Å². The fourth-order valence-corrected chi connectivity index (χ4v) is 6.63. The summed E-state index contributed by atoms with van der Waals surface area (Å²) in [6.07, 6.45) is 43.0. The molecular weight excluding hydrogens is 622 g/mol. The number of hydrogen-bond donors (Lipinski definition) is 3. The minimum atomic E-state index is -0.679. The van der Waals surface area contributed by atoms with Crippen LogP contribution in [0, 0.1) is 0 Å². The van der Waals surface area contributed by atoms with Crippen molar-refractivity contribution in [3.8, 4) is 0 Å². The van der Waals surface area contributed by atoms with Crippen molar-refractivity contribution >= 4 is 11.9 Å². The number of ether oxygens (including phenoxy) is 1. The van der Waals surface area contributed by atoms with Crippen LogP contribution in [0.4, 0.5) is 0 Å². The van der Waals surface area contributed by atoms with E-state index in [2.05, 4.69) is 31.3 Å². The Bertz CT molecular complexity index is 742. The maximum Gasteiger partial charge on any atom is 0.305 e. The molecule has 0 aromatic carbocycles. The molecule has 0 aromatic heterocycles. The predicted molar refractivity (Wildman–Crippen MR) is 213 cm³/mol. The summed E-state index contributed by atoms with van der Waals surface area (Å²) in [4.78, 5) is 24.3. The molecule has 0 spiro atoms. The second-order valence-corrected chi connectivity index (χ2v) is 15.0. The van der Waals surface area contributed by atoms with Crippen molar-refractivity contribution < 1.29 is 24.5 Å². The lowest BCUT2D eigenvalue weighted by Gasteiger charge is -2.22. The van der Waals surface area contributed by atoms with E-state index in [1.165, 1.54) is 141 Å². The highest BCUT2D eigenvalue weighted by Gasteiger charge is 2.20. The van der Waals surface area contributed by atoms with Crippen molar-refractivity contribution in [2.24, 2.45) is 0 Å². The number of carbonyl (C=O) groups excluding carboxylic acids is 2. The lowest BCUT2D eigenvalue weighted by molar-refractivity contribution is -0.143. The van der Waals surface area contributed by atoms with Gasteiger partial charge in [0.05, 0.1) is 25.4 Å².